The number of hydrogen-bond acceptors (Lipinski definition) is 2. The van der Waals surface area contributed by atoms with Crippen LogP contribution in [-0.2, 0) is 6.42 Å². The van der Waals surface area contributed by atoms with Crippen molar-refractivity contribution >= 4 is 16.7 Å². The molecule has 0 radical (unpaired) electrons. The van der Waals surface area contributed by atoms with Crippen molar-refractivity contribution in [3.63, 3.8) is 0 Å². The van der Waals surface area contributed by atoms with Crippen LogP contribution in [0.2, 0.25) is 0 Å². The summed E-state index contributed by atoms with van der Waals surface area (Å²) in [6, 6.07) is 21.3. The fourth-order valence-electron chi connectivity index (χ4n) is 2.89. The quantitative estimate of drug-likeness (QED) is 0.678. The molecule has 3 aromatic rings. The van der Waals surface area contributed by atoms with E-state index < -0.39 is 0 Å². The first-order valence-corrected chi connectivity index (χ1v) is 7.99. The van der Waals surface area contributed by atoms with Crippen molar-refractivity contribution in [2.45, 2.75) is 20.3 Å². The molecule has 0 saturated heterocycles. The highest BCUT2D eigenvalue weighted by Gasteiger charge is 2.12. The van der Waals surface area contributed by atoms with Crippen LogP contribution >= 0.6 is 0 Å². The second-order valence-corrected chi connectivity index (χ2v) is 5.50. The summed E-state index contributed by atoms with van der Waals surface area (Å²) >= 11 is 0. The maximum absolute atomic E-state index is 4.94. The van der Waals surface area contributed by atoms with Gasteiger partial charge in [0.05, 0.1) is 5.52 Å². The fraction of sp³-hybridized carbons (Fsp3) is 0.250. The molecule has 0 fully saturated rings. The Morgan fingerprint density at radius 3 is 2.27 bits per heavy atom. The number of fused-ring (bicyclic) bond motifs is 1. The largest absolute Gasteiger partial charge is 0.357 e. The monoisotopic (exact) mass is 290 g/mol. The molecular weight excluding hydrogens is 268 g/mol. The minimum atomic E-state index is 0.921. The average Bonchev–Trinajstić information content (AvgIpc) is 2.57. The Morgan fingerprint density at radius 2 is 1.55 bits per heavy atom. The van der Waals surface area contributed by atoms with Gasteiger partial charge in [-0.05, 0) is 37.1 Å². The molecule has 0 unspecified atom stereocenters. The van der Waals surface area contributed by atoms with Crippen molar-refractivity contribution in [3.05, 3.63) is 71.8 Å². The van der Waals surface area contributed by atoms with Crippen molar-refractivity contribution in [2.75, 3.05) is 18.0 Å². The highest BCUT2D eigenvalue weighted by atomic mass is 15.2. The van der Waals surface area contributed by atoms with E-state index in [1.807, 2.05) is 0 Å². The third-order valence-corrected chi connectivity index (χ3v) is 4.08. The van der Waals surface area contributed by atoms with Crippen LogP contribution in [0, 0.1) is 0 Å². The Bertz CT molecular complexity index is 746. The van der Waals surface area contributed by atoms with Crippen molar-refractivity contribution in [1.82, 2.24) is 4.98 Å². The topological polar surface area (TPSA) is 16.1 Å². The van der Waals surface area contributed by atoms with E-state index >= 15 is 0 Å². The van der Waals surface area contributed by atoms with Crippen molar-refractivity contribution < 1.29 is 0 Å². The number of benzene rings is 2. The standard InChI is InChI=1S/C20H22N2/c1-3-22(4-2)20-18(14-16-10-6-5-7-11-16)15-17-12-8-9-13-19(17)21-20/h5-13,15H,3-4,14H2,1-2H3. The number of rotatable bonds is 5. The summed E-state index contributed by atoms with van der Waals surface area (Å²) in [6.07, 6.45) is 0.921. The first-order valence-electron chi connectivity index (χ1n) is 7.99. The molecule has 0 amide bonds. The molecule has 0 spiro atoms. The molecule has 2 nitrogen and oxygen atoms in total. The lowest BCUT2D eigenvalue weighted by atomic mass is 10.0. The molecule has 0 aliphatic heterocycles. The van der Waals surface area contributed by atoms with Crippen LogP contribution in [0.25, 0.3) is 10.9 Å². The Kier molecular flexibility index (Phi) is 4.38. The first kappa shape index (κ1) is 14.6. The summed E-state index contributed by atoms with van der Waals surface area (Å²) < 4.78 is 0. The normalized spacial score (nSPS) is 10.8. The summed E-state index contributed by atoms with van der Waals surface area (Å²) in [6.45, 7) is 6.33. The zero-order valence-corrected chi connectivity index (χ0v) is 13.3. The smallest absolute Gasteiger partial charge is 0.132 e. The Morgan fingerprint density at radius 1 is 0.864 bits per heavy atom. The molecule has 22 heavy (non-hydrogen) atoms. The minimum Gasteiger partial charge on any atom is -0.357 e. The molecule has 0 N–H and O–H groups in total. The van der Waals surface area contributed by atoms with Crippen LogP contribution in [0.15, 0.2) is 60.7 Å². The molecule has 3 rings (SSSR count). The van der Waals surface area contributed by atoms with E-state index in [0.717, 1.165) is 30.8 Å². The third-order valence-electron chi connectivity index (χ3n) is 4.08. The number of aromatic nitrogens is 1. The summed E-state index contributed by atoms with van der Waals surface area (Å²) in [4.78, 5) is 7.28. The van der Waals surface area contributed by atoms with Gasteiger partial charge < -0.3 is 4.90 Å². The van der Waals surface area contributed by atoms with E-state index in [4.69, 9.17) is 4.98 Å². The van der Waals surface area contributed by atoms with Gasteiger partial charge in [0.15, 0.2) is 0 Å². The Hall–Kier alpha value is -2.35. The summed E-state index contributed by atoms with van der Waals surface area (Å²) in [5.74, 6) is 1.12. The molecule has 0 aliphatic carbocycles. The van der Waals surface area contributed by atoms with E-state index in [-0.39, 0.29) is 0 Å². The third kappa shape index (κ3) is 2.96. The van der Waals surface area contributed by atoms with Gasteiger partial charge >= 0.3 is 0 Å². The summed E-state index contributed by atoms with van der Waals surface area (Å²) in [5.41, 5.74) is 3.70. The highest BCUT2D eigenvalue weighted by Crippen LogP contribution is 2.25. The van der Waals surface area contributed by atoms with Crippen molar-refractivity contribution in [2.24, 2.45) is 0 Å². The predicted octanol–water partition coefficient (Wildman–Crippen LogP) is 4.67. The number of para-hydroxylation sites is 1. The maximum Gasteiger partial charge on any atom is 0.132 e. The van der Waals surface area contributed by atoms with Crippen molar-refractivity contribution in [1.29, 1.82) is 0 Å². The van der Waals surface area contributed by atoms with Gasteiger partial charge in [0.2, 0.25) is 0 Å². The van der Waals surface area contributed by atoms with Gasteiger partial charge in [-0.1, -0.05) is 48.5 Å². The van der Waals surface area contributed by atoms with Crippen LogP contribution in [0.4, 0.5) is 5.82 Å². The lowest BCUT2D eigenvalue weighted by molar-refractivity contribution is 0.840. The van der Waals surface area contributed by atoms with Crippen LogP contribution in [-0.4, -0.2) is 18.1 Å². The highest BCUT2D eigenvalue weighted by molar-refractivity contribution is 5.82. The lowest BCUT2D eigenvalue weighted by Gasteiger charge is -2.23. The maximum atomic E-state index is 4.94. The average molecular weight is 290 g/mol. The first-order chi connectivity index (χ1) is 10.8. The Labute approximate surface area is 132 Å². The van der Waals surface area contributed by atoms with Gasteiger partial charge in [-0.25, -0.2) is 4.98 Å². The number of anilines is 1. The molecule has 2 aromatic carbocycles. The van der Waals surface area contributed by atoms with Crippen LogP contribution in [0.3, 0.4) is 0 Å². The molecule has 0 atom stereocenters. The number of nitrogens with zero attached hydrogens (tertiary/aromatic N) is 2. The van der Waals surface area contributed by atoms with E-state index in [1.54, 1.807) is 0 Å². The van der Waals surface area contributed by atoms with E-state index in [2.05, 4.69) is 79.4 Å². The predicted molar refractivity (Wildman–Crippen MR) is 94.6 cm³/mol. The second-order valence-electron chi connectivity index (χ2n) is 5.50. The zero-order chi connectivity index (χ0) is 15.4. The fourth-order valence-corrected chi connectivity index (χ4v) is 2.89. The van der Waals surface area contributed by atoms with Crippen LogP contribution < -0.4 is 4.90 Å². The van der Waals surface area contributed by atoms with E-state index in [1.165, 1.54) is 16.5 Å². The molecule has 0 saturated carbocycles. The Balaban J connectivity index is 2.10. The van der Waals surface area contributed by atoms with Gasteiger partial charge in [0.1, 0.15) is 5.82 Å². The molecule has 0 aliphatic rings. The second kappa shape index (κ2) is 6.61. The molecule has 1 aromatic heterocycles. The van der Waals surface area contributed by atoms with Gasteiger partial charge in [0.25, 0.3) is 0 Å². The summed E-state index contributed by atoms with van der Waals surface area (Å²) in [7, 11) is 0. The van der Waals surface area contributed by atoms with Gasteiger partial charge in [-0.15, -0.1) is 0 Å². The molecular formula is C20H22N2. The lowest BCUT2D eigenvalue weighted by Crippen LogP contribution is -2.24. The number of hydrogen-bond donors (Lipinski definition) is 0. The van der Waals surface area contributed by atoms with Crippen LogP contribution in [0.1, 0.15) is 25.0 Å². The van der Waals surface area contributed by atoms with Gasteiger partial charge in [-0.3, -0.25) is 0 Å². The molecule has 2 heteroatoms. The van der Waals surface area contributed by atoms with E-state index in [0.29, 0.717) is 0 Å². The number of pyridine rings is 1. The van der Waals surface area contributed by atoms with Gasteiger partial charge in [-0.2, -0.15) is 0 Å². The zero-order valence-electron chi connectivity index (χ0n) is 13.3. The molecule has 0 bridgehead atoms. The van der Waals surface area contributed by atoms with Gasteiger partial charge in [0, 0.05) is 24.9 Å². The SMILES string of the molecule is CCN(CC)c1nc2ccccc2cc1Cc1ccccc1. The molecule has 1 heterocycles. The van der Waals surface area contributed by atoms with Crippen LogP contribution in [0.5, 0.6) is 0 Å². The van der Waals surface area contributed by atoms with Crippen molar-refractivity contribution in [3.8, 4) is 0 Å². The van der Waals surface area contributed by atoms with E-state index in [9.17, 15) is 0 Å². The summed E-state index contributed by atoms with van der Waals surface area (Å²) in [5, 5.41) is 1.21. The minimum absolute atomic E-state index is 0.921. The molecule has 112 valence electrons.